The molecule has 5 heteroatoms. The third-order valence-electron chi connectivity index (χ3n) is 2.13. The van der Waals surface area contributed by atoms with E-state index < -0.39 is 0 Å². The topological polar surface area (TPSA) is 42.8 Å². The van der Waals surface area contributed by atoms with Crippen LogP contribution in [0, 0.1) is 0 Å². The maximum atomic E-state index is 11.4. The van der Waals surface area contributed by atoms with Gasteiger partial charge in [-0.1, -0.05) is 11.6 Å². The molecule has 1 aromatic rings. The molecule has 17 heavy (non-hydrogen) atoms. The number of carbonyl (C=O) groups excluding carboxylic acids is 1. The summed E-state index contributed by atoms with van der Waals surface area (Å²) in [5, 5.41) is 3.43. The van der Waals surface area contributed by atoms with Gasteiger partial charge in [0.25, 0.3) is 5.91 Å². The third kappa shape index (κ3) is 6.14. The minimum atomic E-state index is -0.110. The average Bonchev–Trinajstić information content (AvgIpc) is 2.28. The first kappa shape index (κ1) is 13.8. The van der Waals surface area contributed by atoms with Gasteiger partial charge in [0.05, 0.1) is 27.2 Å². The highest BCUT2D eigenvalue weighted by Crippen LogP contribution is 2.15. The van der Waals surface area contributed by atoms with Crippen LogP contribution >= 0.6 is 11.6 Å². The minimum Gasteiger partial charge on any atom is -0.484 e. The number of hydrogen-bond donors (Lipinski definition) is 2. The molecular formula is C12H18ClN2O2+. The van der Waals surface area contributed by atoms with Gasteiger partial charge >= 0.3 is 0 Å². The zero-order chi connectivity index (χ0) is 12.7. The second kappa shape index (κ2) is 7.14. The lowest BCUT2D eigenvalue weighted by atomic mass is 10.3. The highest BCUT2D eigenvalue weighted by atomic mass is 35.5. The van der Waals surface area contributed by atoms with Crippen molar-refractivity contribution in [1.82, 2.24) is 5.32 Å². The van der Waals surface area contributed by atoms with Crippen LogP contribution in [0.15, 0.2) is 24.3 Å². The molecule has 0 bridgehead atoms. The second-order valence-electron chi connectivity index (χ2n) is 4.05. The maximum absolute atomic E-state index is 11.4. The average molecular weight is 258 g/mol. The zero-order valence-corrected chi connectivity index (χ0v) is 10.9. The lowest BCUT2D eigenvalue weighted by Gasteiger charge is -2.09. The van der Waals surface area contributed by atoms with E-state index in [1.54, 1.807) is 24.3 Å². The molecule has 0 aliphatic heterocycles. The first-order valence-electron chi connectivity index (χ1n) is 5.52. The number of amides is 1. The molecule has 0 aromatic heterocycles. The van der Waals surface area contributed by atoms with Crippen LogP contribution in [0.1, 0.15) is 0 Å². The summed E-state index contributed by atoms with van der Waals surface area (Å²) in [6.45, 7) is 1.59. The number of halogens is 1. The fourth-order valence-electron chi connectivity index (χ4n) is 1.18. The van der Waals surface area contributed by atoms with E-state index in [-0.39, 0.29) is 12.5 Å². The molecule has 2 N–H and O–H groups in total. The van der Waals surface area contributed by atoms with E-state index in [2.05, 4.69) is 5.32 Å². The first-order chi connectivity index (χ1) is 8.08. The van der Waals surface area contributed by atoms with Gasteiger partial charge in [-0.2, -0.15) is 0 Å². The van der Waals surface area contributed by atoms with Crippen molar-refractivity contribution in [2.24, 2.45) is 0 Å². The second-order valence-corrected chi connectivity index (χ2v) is 4.49. The van der Waals surface area contributed by atoms with Crippen molar-refractivity contribution < 1.29 is 14.4 Å². The van der Waals surface area contributed by atoms with E-state index in [0.717, 1.165) is 6.54 Å². The highest BCUT2D eigenvalue weighted by molar-refractivity contribution is 6.30. The Labute approximate surface area is 107 Å². The lowest BCUT2D eigenvalue weighted by molar-refractivity contribution is -0.856. The molecule has 0 fully saturated rings. The molecule has 0 atom stereocenters. The van der Waals surface area contributed by atoms with Crippen molar-refractivity contribution in [3.05, 3.63) is 29.3 Å². The fraction of sp³-hybridized carbons (Fsp3) is 0.417. The van der Waals surface area contributed by atoms with E-state index >= 15 is 0 Å². The van der Waals surface area contributed by atoms with Crippen molar-refractivity contribution in [2.75, 3.05) is 33.8 Å². The number of hydrogen-bond acceptors (Lipinski definition) is 2. The molecule has 1 rings (SSSR count). The predicted molar refractivity (Wildman–Crippen MR) is 67.6 cm³/mol. The van der Waals surface area contributed by atoms with E-state index in [4.69, 9.17) is 16.3 Å². The van der Waals surface area contributed by atoms with Crippen LogP contribution in [-0.4, -0.2) is 39.7 Å². The Morgan fingerprint density at radius 2 is 2.00 bits per heavy atom. The summed E-state index contributed by atoms with van der Waals surface area (Å²) in [7, 11) is 4.08. The molecule has 1 aromatic carbocycles. The molecule has 0 saturated heterocycles. The lowest BCUT2D eigenvalue weighted by Crippen LogP contribution is -3.06. The van der Waals surface area contributed by atoms with Gasteiger partial charge in [-0.15, -0.1) is 0 Å². The number of quaternary nitrogens is 1. The number of likely N-dealkylation sites (N-methyl/N-ethyl adjacent to an activating group) is 1. The molecular weight excluding hydrogens is 240 g/mol. The van der Waals surface area contributed by atoms with E-state index in [9.17, 15) is 4.79 Å². The van der Waals surface area contributed by atoms with Crippen LogP contribution in [0.4, 0.5) is 0 Å². The standard InChI is InChI=1S/C12H17ClN2O2/c1-15(2)8-7-14-12(16)9-17-11-5-3-10(13)4-6-11/h3-6H,7-9H2,1-2H3,(H,14,16)/p+1. The van der Waals surface area contributed by atoms with Crippen molar-refractivity contribution in [1.29, 1.82) is 0 Å². The number of rotatable bonds is 6. The van der Waals surface area contributed by atoms with Crippen LogP contribution in [0.25, 0.3) is 0 Å². The number of nitrogens with one attached hydrogen (secondary N) is 2. The summed E-state index contributed by atoms with van der Waals surface area (Å²) in [4.78, 5) is 12.7. The summed E-state index contributed by atoms with van der Waals surface area (Å²) >= 11 is 5.74. The molecule has 4 nitrogen and oxygen atoms in total. The summed E-state index contributed by atoms with van der Waals surface area (Å²) < 4.78 is 5.30. The molecule has 0 unspecified atom stereocenters. The third-order valence-corrected chi connectivity index (χ3v) is 2.38. The van der Waals surface area contributed by atoms with Crippen molar-refractivity contribution in [3.63, 3.8) is 0 Å². The highest BCUT2D eigenvalue weighted by Gasteiger charge is 2.03. The molecule has 94 valence electrons. The van der Waals surface area contributed by atoms with Gasteiger partial charge in [0.15, 0.2) is 6.61 Å². The van der Waals surface area contributed by atoms with E-state index in [0.29, 0.717) is 17.3 Å². The van der Waals surface area contributed by atoms with Crippen molar-refractivity contribution in [2.45, 2.75) is 0 Å². The zero-order valence-electron chi connectivity index (χ0n) is 10.1. The van der Waals surface area contributed by atoms with Gasteiger partial charge in [-0.25, -0.2) is 0 Å². The maximum Gasteiger partial charge on any atom is 0.258 e. The SMILES string of the molecule is C[NH+](C)CCNC(=O)COc1ccc(Cl)cc1. The van der Waals surface area contributed by atoms with Crippen molar-refractivity contribution in [3.8, 4) is 5.75 Å². The van der Waals surface area contributed by atoms with Gasteiger partial charge in [0.1, 0.15) is 5.75 Å². The van der Waals surface area contributed by atoms with Crippen LogP contribution in [0.5, 0.6) is 5.75 Å². The molecule has 0 radical (unpaired) electrons. The molecule has 0 aliphatic rings. The van der Waals surface area contributed by atoms with Crippen LogP contribution in [-0.2, 0) is 4.79 Å². The van der Waals surface area contributed by atoms with Crippen LogP contribution < -0.4 is 15.0 Å². The Bertz CT molecular complexity index is 352. The number of ether oxygens (including phenoxy) is 1. The van der Waals surface area contributed by atoms with E-state index in [1.807, 2.05) is 14.1 Å². The Hall–Kier alpha value is -1.26. The summed E-state index contributed by atoms with van der Waals surface area (Å²) in [5.74, 6) is 0.531. The predicted octanol–water partition coefficient (Wildman–Crippen LogP) is -0.0205. The Morgan fingerprint density at radius 1 is 1.35 bits per heavy atom. The number of benzene rings is 1. The normalized spacial score (nSPS) is 10.4. The largest absolute Gasteiger partial charge is 0.484 e. The van der Waals surface area contributed by atoms with Gasteiger partial charge in [0, 0.05) is 5.02 Å². The molecule has 0 heterocycles. The summed E-state index contributed by atoms with van der Waals surface area (Å²) in [6, 6.07) is 6.92. The number of carbonyl (C=O) groups is 1. The fourth-order valence-corrected chi connectivity index (χ4v) is 1.31. The Morgan fingerprint density at radius 3 is 2.59 bits per heavy atom. The molecule has 0 aliphatic carbocycles. The molecule has 0 spiro atoms. The van der Waals surface area contributed by atoms with Gasteiger partial charge < -0.3 is 15.0 Å². The van der Waals surface area contributed by atoms with Crippen LogP contribution in [0.2, 0.25) is 5.02 Å². The van der Waals surface area contributed by atoms with Crippen LogP contribution in [0.3, 0.4) is 0 Å². The Balaban J connectivity index is 2.21. The summed E-state index contributed by atoms with van der Waals surface area (Å²) in [5.41, 5.74) is 0. The first-order valence-corrected chi connectivity index (χ1v) is 5.90. The quantitative estimate of drug-likeness (QED) is 0.752. The molecule has 0 saturated carbocycles. The van der Waals surface area contributed by atoms with Crippen molar-refractivity contribution >= 4 is 17.5 Å². The Kier molecular flexibility index (Phi) is 5.80. The minimum absolute atomic E-state index is 0.0321. The van der Waals surface area contributed by atoms with Gasteiger partial charge in [-0.05, 0) is 24.3 Å². The van der Waals surface area contributed by atoms with Gasteiger partial charge in [0.2, 0.25) is 0 Å². The molecule has 1 amide bonds. The van der Waals surface area contributed by atoms with E-state index in [1.165, 1.54) is 4.90 Å². The monoisotopic (exact) mass is 257 g/mol. The van der Waals surface area contributed by atoms with Gasteiger partial charge in [-0.3, -0.25) is 4.79 Å². The smallest absolute Gasteiger partial charge is 0.258 e. The summed E-state index contributed by atoms with van der Waals surface area (Å²) in [6.07, 6.45) is 0.